The van der Waals surface area contributed by atoms with E-state index in [1.54, 1.807) is 30.0 Å². The number of aromatic nitrogens is 7. The number of pyridine rings is 1. The summed E-state index contributed by atoms with van der Waals surface area (Å²) in [6, 6.07) is 14.2. The lowest BCUT2D eigenvalue weighted by molar-refractivity contribution is 0.145. The Hall–Kier alpha value is -4.25. The van der Waals surface area contributed by atoms with Gasteiger partial charge in [-0.1, -0.05) is 6.92 Å². The lowest BCUT2D eigenvalue weighted by atomic mass is 10.1. The van der Waals surface area contributed by atoms with Crippen molar-refractivity contribution in [1.29, 1.82) is 0 Å². The first kappa shape index (κ1) is 23.5. The summed E-state index contributed by atoms with van der Waals surface area (Å²) >= 11 is 0. The van der Waals surface area contributed by atoms with Crippen LogP contribution >= 0.6 is 0 Å². The number of imidazole rings is 1. The van der Waals surface area contributed by atoms with E-state index in [0.29, 0.717) is 29.3 Å². The van der Waals surface area contributed by atoms with E-state index in [0.717, 1.165) is 22.4 Å². The minimum Gasteiger partial charge on any atom is -0.389 e. The fourth-order valence-corrected chi connectivity index (χ4v) is 3.94. The second-order valence-corrected chi connectivity index (χ2v) is 8.39. The predicted octanol–water partition coefficient (Wildman–Crippen LogP) is 5.00. The second-order valence-electron chi connectivity index (χ2n) is 8.39. The Morgan fingerprint density at radius 2 is 1.89 bits per heavy atom. The van der Waals surface area contributed by atoms with Gasteiger partial charge in [-0.15, -0.1) is 5.10 Å². The number of benzene rings is 1. The molecule has 36 heavy (non-hydrogen) atoms. The SMILES string of the molecule is CCc1cc(C(F)F)nn1-c1nc(-n2cnc3ccc(Nc4ccc(C)nn4)cc32)ccc1C(C)O. The molecule has 184 valence electrons. The van der Waals surface area contributed by atoms with Gasteiger partial charge in [-0.05, 0) is 68.8 Å². The first-order chi connectivity index (χ1) is 17.3. The molecule has 0 aliphatic rings. The zero-order valence-electron chi connectivity index (χ0n) is 19.9. The molecular formula is C25H24F2N8O. The maximum atomic E-state index is 13.4. The number of hydrogen-bond donors (Lipinski definition) is 2. The van der Waals surface area contributed by atoms with Crippen molar-refractivity contribution in [2.75, 3.05) is 5.32 Å². The average molecular weight is 491 g/mol. The summed E-state index contributed by atoms with van der Waals surface area (Å²) in [6.45, 7) is 5.32. The zero-order valence-corrected chi connectivity index (χ0v) is 19.9. The molecule has 1 unspecified atom stereocenters. The largest absolute Gasteiger partial charge is 0.389 e. The van der Waals surface area contributed by atoms with Gasteiger partial charge in [0, 0.05) is 16.9 Å². The third-order valence-corrected chi connectivity index (χ3v) is 5.79. The third kappa shape index (κ3) is 4.40. The molecule has 2 N–H and O–H groups in total. The summed E-state index contributed by atoms with van der Waals surface area (Å²) in [6.07, 6.45) is -1.48. The van der Waals surface area contributed by atoms with Gasteiger partial charge < -0.3 is 10.4 Å². The third-order valence-electron chi connectivity index (χ3n) is 5.79. The fourth-order valence-electron chi connectivity index (χ4n) is 3.94. The lowest BCUT2D eigenvalue weighted by Gasteiger charge is -2.15. The van der Waals surface area contributed by atoms with E-state index in [1.165, 1.54) is 10.7 Å². The predicted molar refractivity (Wildman–Crippen MR) is 131 cm³/mol. The summed E-state index contributed by atoms with van der Waals surface area (Å²) in [5.41, 5.74) is 3.82. The van der Waals surface area contributed by atoms with Crippen LogP contribution in [0.5, 0.6) is 0 Å². The molecule has 0 bridgehead atoms. The first-order valence-electron chi connectivity index (χ1n) is 11.4. The van der Waals surface area contributed by atoms with Crippen LogP contribution in [0.15, 0.2) is 54.9 Å². The Balaban J connectivity index is 1.60. The molecule has 0 radical (unpaired) electrons. The number of aliphatic hydroxyl groups is 1. The molecule has 0 aliphatic carbocycles. The highest BCUT2D eigenvalue weighted by Crippen LogP contribution is 2.28. The second kappa shape index (κ2) is 9.42. The molecule has 0 aliphatic heterocycles. The minimum atomic E-state index is -2.71. The summed E-state index contributed by atoms with van der Waals surface area (Å²) < 4.78 is 30.0. The van der Waals surface area contributed by atoms with E-state index < -0.39 is 12.5 Å². The molecule has 0 saturated heterocycles. The Morgan fingerprint density at radius 3 is 2.58 bits per heavy atom. The van der Waals surface area contributed by atoms with Crippen molar-refractivity contribution in [3.63, 3.8) is 0 Å². The number of aliphatic hydroxyl groups excluding tert-OH is 1. The van der Waals surface area contributed by atoms with Crippen LogP contribution in [0.25, 0.3) is 22.7 Å². The monoisotopic (exact) mass is 490 g/mol. The molecule has 4 aromatic heterocycles. The molecule has 1 atom stereocenters. The highest BCUT2D eigenvalue weighted by molar-refractivity contribution is 5.82. The first-order valence-corrected chi connectivity index (χ1v) is 11.4. The normalized spacial score (nSPS) is 12.4. The van der Waals surface area contributed by atoms with Gasteiger partial charge in [0.05, 0.1) is 22.8 Å². The van der Waals surface area contributed by atoms with Crippen LogP contribution in [0.4, 0.5) is 20.3 Å². The highest BCUT2D eigenvalue weighted by Gasteiger charge is 2.21. The Kier molecular flexibility index (Phi) is 6.15. The molecule has 0 spiro atoms. The summed E-state index contributed by atoms with van der Waals surface area (Å²) in [7, 11) is 0. The van der Waals surface area contributed by atoms with Crippen molar-refractivity contribution in [2.24, 2.45) is 0 Å². The number of nitrogens with zero attached hydrogens (tertiary/aromatic N) is 7. The molecule has 1 aromatic carbocycles. The summed E-state index contributed by atoms with van der Waals surface area (Å²) in [5.74, 6) is 1.39. The van der Waals surface area contributed by atoms with Gasteiger partial charge in [-0.2, -0.15) is 10.2 Å². The van der Waals surface area contributed by atoms with Crippen molar-refractivity contribution in [3.05, 3.63) is 77.5 Å². The maximum absolute atomic E-state index is 13.4. The van der Waals surface area contributed by atoms with Crippen molar-refractivity contribution in [2.45, 2.75) is 39.7 Å². The molecule has 5 rings (SSSR count). The van der Waals surface area contributed by atoms with Gasteiger partial charge in [0.25, 0.3) is 6.43 Å². The fraction of sp³-hybridized carbons (Fsp3) is 0.240. The van der Waals surface area contributed by atoms with Crippen molar-refractivity contribution in [3.8, 4) is 11.6 Å². The van der Waals surface area contributed by atoms with Crippen molar-refractivity contribution in [1.82, 2.24) is 34.5 Å². The average Bonchev–Trinajstić information content (AvgIpc) is 3.49. The molecule has 0 amide bonds. The van der Waals surface area contributed by atoms with E-state index in [1.807, 2.05) is 44.2 Å². The Labute approximate surface area is 205 Å². The van der Waals surface area contributed by atoms with Gasteiger partial charge >= 0.3 is 0 Å². The highest BCUT2D eigenvalue weighted by atomic mass is 19.3. The number of fused-ring (bicyclic) bond motifs is 1. The topological polar surface area (TPSA) is 107 Å². The van der Waals surface area contributed by atoms with E-state index in [9.17, 15) is 13.9 Å². The number of anilines is 2. The van der Waals surface area contributed by atoms with Gasteiger partial charge in [0.2, 0.25) is 0 Å². The minimum absolute atomic E-state index is 0.289. The Morgan fingerprint density at radius 1 is 1.06 bits per heavy atom. The van der Waals surface area contributed by atoms with Crippen LogP contribution in [-0.4, -0.2) is 39.6 Å². The zero-order chi connectivity index (χ0) is 25.4. The van der Waals surface area contributed by atoms with Crippen LogP contribution in [0.2, 0.25) is 0 Å². The smallest absolute Gasteiger partial charge is 0.282 e. The summed E-state index contributed by atoms with van der Waals surface area (Å²) in [5, 5.41) is 25.9. The number of aryl methyl sites for hydroxylation is 2. The van der Waals surface area contributed by atoms with Crippen molar-refractivity contribution >= 4 is 22.5 Å². The molecule has 9 nitrogen and oxygen atoms in total. The van der Waals surface area contributed by atoms with Gasteiger partial charge in [0.15, 0.2) is 11.6 Å². The van der Waals surface area contributed by atoms with Crippen LogP contribution in [-0.2, 0) is 6.42 Å². The molecule has 5 aromatic rings. The maximum Gasteiger partial charge on any atom is 0.282 e. The lowest BCUT2D eigenvalue weighted by Crippen LogP contribution is -2.12. The van der Waals surface area contributed by atoms with Crippen LogP contribution in [0.3, 0.4) is 0 Å². The van der Waals surface area contributed by atoms with Crippen molar-refractivity contribution < 1.29 is 13.9 Å². The quantitative estimate of drug-likeness (QED) is 0.331. The van der Waals surface area contributed by atoms with Crippen LogP contribution in [0, 0.1) is 6.92 Å². The van der Waals surface area contributed by atoms with E-state index in [-0.39, 0.29) is 11.5 Å². The number of rotatable bonds is 7. The van der Waals surface area contributed by atoms with E-state index >= 15 is 0 Å². The van der Waals surface area contributed by atoms with Crippen LogP contribution in [0.1, 0.15) is 49.0 Å². The molecule has 11 heteroatoms. The number of hydrogen-bond acceptors (Lipinski definition) is 7. The van der Waals surface area contributed by atoms with Gasteiger partial charge in [0.1, 0.15) is 17.8 Å². The number of alkyl halides is 2. The molecule has 0 saturated carbocycles. The number of nitrogens with one attached hydrogen (secondary N) is 1. The summed E-state index contributed by atoms with van der Waals surface area (Å²) in [4.78, 5) is 9.21. The van der Waals surface area contributed by atoms with Gasteiger partial charge in [-0.3, -0.25) is 4.57 Å². The van der Waals surface area contributed by atoms with E-state index in [2.05, 4.69) is 25.6 Å². The van der Waals surface area contributed by atoms with Crippen LogP contribution < -0.4 is 5.32 Å². The molecular weight excluding hydrogens is 466 g/mol. The molecule has 4 heterocycles. The van der Waals surface area contributed by atoms with E-state index in [4.69, 9.17) is 4.98 Å². The molecule has 0 fully saturated rings. The number of halogens is 2. The standard InChI is InChI=1S/C25H24F2N8O/c1-4-17-12-20(24(26)27)33-35(17)25-18(15(3)36)7-10-23(30-25)34-13-28-19-8-6-16(11-21(19)34)29-22-9-5-14(2)31-32-22/h5-13,15,24,36H,4H2,1-3H3,(H,29,32). The van der Waals surface area contributed by atoms with Gasteiger partial charge in [-0.25, -0.2) is 23.4 Å². The Bertz CT molecular complexity index is 1530.